The summed E-state index contributed by atoms with van der Waals surface area (Å²) in [6.07, 6.45) is 7.82. The van der Waals surface area contributed by atoms with Crippen LogP contribution < -0.4 is 20.5 Å². The lowest BCUT2D eigenvalue weighted by Gasteiger charge is -2.40. The van der Waals surface area contributed by atoms with Crippen LogP contribution in [0.15, 0.2) is 64.6 Å². The van der Waals surface area contributed by atoms with Gasteiger partial charge in [-0.3, -0.25) is 33.2 Å². The fourth-order valence-electron chi connectivity index (χ4n) is 13.1. The number of esters is 1. The van der Waals surface area contributed by atoms with Crippen molar-refractivity contribution in [1.29, 1.82) is 0 Å². The van der Waals surface area contributed by atoms with Crippen molar-refractivity contribution in [3.8, 4) is 11.5 Å². The number of carbonyl (C=O) groups is 6. The van der Waals surface area contributed by atoms with Gasteiger partial charge in [0.15, 0.2) is 5.82 Å². The molecule has 83 heavy (non-hydrogen) atoms. The first kappa shape index (κ1) is 60.4. The lowest BCUT2D eigenvalue weighted by Crippen LogP contribution is -2.48. The molecule has 0 radical (unpaired) electrons. The van der Waals surface area contributed by atoms with Crippen LogP contribution >= 0.6 is 0 Å². The van der Waals surface area contributed by atoms with Crippen LogP contribution in [-0.4, -0.2) is 153 Å². The lowest BCUT2D eigenvalue weighted by atomic mass is 9.78. The van der Waals surface area contributed by atoms with E-state index in [0.29, 0.717) is 49.2 Å². The van der Waals surface area contributed by atoms with Gasteiger partial charge in [-0.1, -0.05) is 45.9 Å². The number of carboxylic acids is 1. The Bertz CT molecular complexity index is 3370. The maximum absolute atomic E-state index is 16.2. The normalized spacial score (nSPS) is 28.5. The van der Waals surface area contributed by atoms with Crippen LogP contribution in [0, 0.1) is 49.3 Å². The predicted molar refractivity (Wildman–Crippen MR) is 303 cm³/mol. The number of pyridine rings is 2. The number of likely N-dealkylation sites (tertiary alicyclic amines) is 1. The summed E-state index contributed by atoms with van der Waals surface area (Å²) in [5.74, 6) is -11.3. The first-order chi connectivity index (χ1) is 39.2. The summed E-state index contributed by atoms with van der Waals surface area (Å²) >= 11 is 0. The van der Waals surface area contributed by atoms with E-state index in [4.69, 9.17) is 18.9 Å². The molecule has 7 aliphatic rings. The number of nitrogens with one attached hydrogen (secondary N) is 1. The number of phenols is 1. The summed E-state index contributed by atoms with van der Waals surface area (Å²) in [5.41, 5.74) is -0.586. The van der Waals surface area contributed by atoms with Gasteiger partial charge in [0, 0.05) is 94.5 Å². The van der Waals surface area contributed by atoms with Gasteiger partial charge in [-0.05, 0) is 95.0 Å². The molecule has 10 rings (SSSR count). The Labute approximate surface area is 481 Å². The number of aliphatic hydroxyl groups excluding tert-OH is 2. The molecular weight excluding hydrogens is 1070 g/mol. The van der Waals surface area contributed by atoms with Crippen molar-refractivity contribution in [3.05, 3.63) is 115 Å². The molecule has 1 amide bonds. The highest BCUT2D eigenvalue weighted by atomic mass is 19.1. The number of Topliss-reactive ketones (excluding diaryl/α,β-unsaturated/α-hetero) is 3. The number of aryl methyl sites for hydroxylation is 1. The molecule has 446 valence electrons. The number of ketones is 3. The van der Waals surface area contributed by atoms with Gasteiger partial charge in [-0.15, -0.1) is 0 Å². The molecule has 5 bridgehead atoms. The molecule has 7 heterocycles. The van der Waals surface area contributed by atoms with E-state index < -0.39 is 117 Å². The summed E-state index contributed by atoms with van der Waals surface area (Å²) < 4.78 is 41.2. The summed E-state index contributed by atoms with van der Waals surface area (Å²) in [6.45, 7) is 16.3. The van der Waals surface area contributed by atoms with Crippen LogP contribution in [0.25, 0.3) is 5.52 Å². The number of hydrogen-bond acceptors (Lipinski definition) is 17. The molecular formula is C62H76FN5O15. The van der Waals surface area contributed by atoms with Gasteiger partial charge < -0.3 is 59.4 Å². The van der Waals surface area contributed by atoms with Crippen molar-refractivity contribution in [2.75, 3.05) is 51.8 Å². The number of rotatable bonds is 9. The second-order valence-electron chi connectivity index (χ2n) is 23.8. The van der Waals surface area contributed by atoms with E-state index >= 15 is 14.0 Å². The van der Waals surface area contributed by atoms with E-state index in [9.17, 15) is 44.4 Å². The average molecular weight is 1150 g/mol. The molecule has 1 aromatic carbocycles. The number of carbonyl (C=O) groups excluding carboxylic acids is 5. The number of fused-ring (bicyclic) bond motifs is 15. The number of phenolic OH excluding ortho intramolecular Hbond substituents is 1. The monoisotopic (exact) mass is 1150 g/mol. The van der Waals surface area contributed by atoms with Crippen molar-refractivity contribution < 1.29 is 72.5 Å². The number of nitrogens with zero attached hydrogens (tertiary/aromatic N) is 4. The third-order valence-electron chi connectivity index (χ3n) is 18.2. The number of benzene rings is 1. The van der Waals surface area contributed by atoms with Crippen LogP contribution in [0.5, 0.6) is 11.5 Å². The highest BCUT2D eigenvalue weighted by Gasteiger charge is 2.53. The molecule has 21 heteroatoms. The summed E-state index contributed by atoms with van der Waals surface area (Å²) in [6, 6.07) is 1.44. The quantitative estimate of drug-likeness (QED) is 0.143. The molecule has 2 aliphatic carbocycles. The third-order valence-corrected chi connectivity index (χ3v) is 18.2. The number of ether oxygens (including phenoxy) is 4. The zero-order valence-corrected chi connectivity index (χ0v) is 48.9. The van der Waals surface area contributed by atoms with E-state index in [-0.39, 0.29) is 70.4 Å². The number of aromatic hydroxyl groups is 1. The maximum atomic E-state index is 16.2. The van der Waals surface area contributed by atoms with E-state index in [1.807, 2.05) is 11.9 Å². The van der Waals surface area contributed by atoms with Gasteiger partial charge in [0.05, 0.1) is 58.7 Å². The van der Waals surface area contributed by atoms with Gasteiger partial charge in [-0.25, -0.2) is 9.18 Å². The predicted octanol–water partition coefficient (Wildman–Crippen LogP) is 6.52. The Hall–Kier alpha value is -7.20. The van der Waals surface area contributed by atoms with E-state index in [0.717, 1.165) is 35.4 Å². The number of hydrogen-bond donors (Lipinski definition) is 5. The zero-order valence-electron chi connectivity index (χ0n) is 48.9. The smallest absolute Gasteiger partial charge is 0.341 e. The summed E-state index contributed by atoms with van der Waals surface area (Å²) in [5, 5.41) is 47.5. The molecule has 0 spiro atoms. The van der Waals surface area contributed by atoms with Crippen LogP contribution in [0.4, 0.5) is 10.1 Å². The standard InChI is InChI=1S/C62H76FN5O15/c1-29-13-12-14-30(2)59(76)64-47-50(66-22-18-39(19-23-66)65(10)26-37-17-21-67(27-37)49-32(4)48-40(38-15-16-38)25-41(61(78)79)60(77)68(48)28-42(49)63)55(74)44-45(54(47)73)53(72)35(7)57-46(44)58(75)62(9,83-57)81-24-20-43(80-11)31(3)56(82-36(8)69)34(6)52(71)33(5)51(29)70/h12-14,20,24-25,28-29,31,33-34,37-39,43,51-52,56,70-72H,15-19,21-23,26-27H2,1-11H3,(H,64,76)(H,78,79)/t29-,31+,33+,34+,37-,43-,51-,52+,56+,62-/m0/s1. The topological polar surface area (TPSA) is 263 Å². The molecule has 3 fully saturated rings. The van der Waals surface area contributed by atoms with Crippen molar-refractivity contribution in [3.63, 3.8) is 0 Å². The Morgan fingerprint density at radius 2 is 1.55 bits per heavy atom. The zero-order chi connectivity index (χ0) is 60.4. The molecule has 20 nitrogen and oxygen atoms in total. The summed E-state index contributed by atoms with van der Waals surface area (Å²) in [4.78, 5) is 103. The summed E-state index contributed by atoms with van der Waals surface area (Å²) in [7, 11) is 3.42. The molecule has 2 aromatic heterocycles. The van der Waals surface area contributed by atoms with E-state index in [1.165, 1.54) is 59.3 Å². The minimum atomic E-state index is -2.14. The molecule has 2 saturated heterocycles. The number of aromatic nitrogens is 1. The molecule has 3 aromatic rings. The van der Waals surface area contributed by atoms with E-state index in [1.54, 1.807) is 51.7 Å². The van der Waals surface area contributed by atoms with Crippen molar-refractivity contribution in [2.45, 2.75) is 137 Å². The number of amides is 1. The second-order valence-corrected chi connectivity index (χ2v) is 23.8. The highest BCUT2D eigenvalue weighted by Crippen LogP contribution is 2.50. The van der Waals surface area contributed by atoms with Gasteiger partial charge in [0.2, 0.25) is 11.6 Å². The van der Waals surface area contributed by atoms with Gasteiger partial charge >= 0.3 is 17.7 Å². The van der Waals surface area contributed by atoms with Crippen molar-refractivity contribution in [1.82, 2.24) is 19.5 Å². The Balaban J connectivity index is 1.00. The Morgan fingerprint density at radius 1 is 0.880 bits per heavy atom. The molecule has 5 N–H and O–H groups in total. The fraction of sp³-hybridized carbons (Fsp3) is 0.532. The van der Waals surface area contributed by atoms with E-state index in [2.05, 4.69) is 10.2 Å². The minimum absolute atomic E-state index is 0.0113. The van der Waals surface area contributed by atoms with Gasteiger partial charge in [0.25, 0.3) is 17.2 Å². The minimum Gasteiger partial charge on any atom is -0.507 e. The molecule has 1 saturated carbocycles. The Kier molecular flexibility index (Phi) is 17.1. The number of halogens is 1. The fourth-order valence-corrected chi connectivity index (χ4v) is 13.1. The lowest BCUT2D eigenvalue weighted by molar-refractivity contribution is -0.160. The average Bonchev–Trinajstić information content (AvgIpc) is 2.31. The number of allylic oxidation sites excluding steroid dienone is 4. The van der Waals surface area contributed by atoms with Crippen LogP contribution in [0.1, 0.15) is 145 Å². The number of methoxy groups -OCH3 is 1. The molecule has 10 atom stereocenters. The molecule has 5 aliphatic heterocycles. The third kappa shape index (κ3) is 11.1. The SMILES string of the molecule is CO[C@H]1C=CO[C@@]2(C)Oc3c(C)c(O)c4c(c3C2=O)C(=O)C(N2CCC(N(C)C[C@@H]3CCN(c5c(F)cn6c(=O)c(C(=O)O)cc(C7CC7)c6c5C)C3)CC2)=C(NC(=O)C(C)=CC=C[C@H](C)[C@H](O)[C@@H](C)[C@@H](O)[C@@H](C)[C@H](OC(C)=O)[C@@H]1C)C4=O. The number of anilines is 1. The second kappa shape index (κ2) is 23.5. The number of aromatic carboxylic acids is 1. The molecule has 0 unspecified atom stereocenters. The number of carboxylic acid groups (broad SMARTS) is 1. The van der Waals surface area contributed by atoms with Crippen LogP contribution in [-0.2, 0) is 23.8 Å². The van der Waals surface area contributed by atoms with Crippen molar-refractivity contribution in [2.24, 2.45) is 29.6 Å². The largest absolute Gasteiger partial charge is 0.507 e. The number of aliphatic hydroxyl groups is 2. The number of piperidine rings is 1. The first-order valence-electron chi connectivity index (χ1n) is 28.6. The van der Waals surface area contributed by atoms with Crippen molar-refractivity contribution >= 4 is 46.4 Å². The maximum Gasteiger partial charge on any atom is 0.341 e. The van der Waals surface area contributed by atoms with Crippen LogP contribution in [0.2, 0.25) is 0 Å². The highest BCUT2D eigenvalue weighted by molar-refractivity contribution is 6.32. The van der Waals surface area contributed by atoms with Crippen LogP contribution in [0.3, 0.4) is 0 Å². The Morgan fingerprint density at radius 3 is 2.19 bits per heavy atom. The van der Waals surface area contributed by atoms with Gasteiger partial charge in [-0.2, -0.15) is 0 Å². The first-order valence-corrected chi connectivity index (χ1v) is 28.6. The van der Waals surface area contributed by atoms with Gasteiger partial charge in [0.1, 0.15) is 34.6 Å².